The third kappa shape index (κ3) is 5.85. The lowest BCUT2D eigenvalue weighted by molar-refractivity contribution is -0.139. The zero-order chi connectivity index (χ0) is 41.7. The lowest BCUT2D eigenvalue weighted by atomic mass is 9.49. The molecule has 1 saturated carbocycles. The van der Waals surface area contributed by atoms with Crippen molar-refractivity contribution < 1.29 is 47.5 Å². The largest absolute Gasteiger partial charge is 0.507 e. The number of carbonyl (C=O) groups excluding carboxylic acids is 4. The molecule has 5 aromatic rings. The van der Waals surface area contributed by atoms with E-state index in [1.165, 1.54) is 24.3 Å². The number of hydrogen-bond donors (Lipinski definition) is 4. The number of imide groups is 2. The number of carbonyl (C=O) groups is 4. The van der Waals surface area contributed by atoms with Gasteiger partial charge in [-0.2, -0.15) is 18.2 Å². The number of phenols is 1. The summed E-state index contributed by atoms with van der Waals surface area (Å²) in [5.74, 6) is -8.55. The second-order valence-electron chi connectivity index (χ2n) is 15.1. The number of halogens is 5. The van der Waals surface area contributed by atoms with Crippen LogP contribution in [0.15, 0.2) is 109 Å². The number of aromatic hydroxyl groups is 1. The van der Waals surface area contributed by atoms with Crippen LogP contribution in [-0.4, -0.2) is 55.9 Å². The molecule has 0 radical (unpaired) electrons. The van der Waals surface area contributed by atoms with Crippen molar-refractivity contribution >= 4 is 81.7 Å². The molecular formula is C42H30BCl2F3N4O7. The SMILES string of the molecule is O=C1[C@@H]2C[C@@H]3C(=CC[C@@H]4C(=O)N(c5cccc(B(O)O)c5)C(=O)[C@@H]43)[C@H](c3ccc4ccccc4c3O)[C@]2(c2ccc(Cl)cc2)C(=O)N1Nc1ncc(C(F)(F)F)cc1Cl. The predicted octanol–water partition coefficient (Wildman–Crippen LogP) is 6.14. The molecule has 1 aromatic heterocycles. The maximum Gasteiger partial charge on any atom is 0.488 e. The van der Waals surface area contributed by atoms with Gasteiger partial charge in [0.05, 0.1) is 39.4 Å². The first-order valence-electron chi connectivity index (χ1n) is 18.5. The quantitative estimate of drug-likeness (QED) is 0.0896. The molecule has 4 N–H and O–H groups in total. The lowest BCUT2D eigenvalue weighted by Crippen LogP contribution is -2.53. The molecule has 3 heterocycles. The normalized spacial score (nSPS) is 25.2. The number of fused-ring (bicyclic) bond motifs is 5. The van der Waals surface area contributed by atoms with Crippen molar-refractivity contribution in [2.45, 2.75) is 30.4 Å². The number of phenolic OH excluding ortho intramolecular Hbond substituents is 1. The van der Waals surface area contributed by atoms with Gasteiger partial charge in [-0.3, -0.25) is 29.5 Å². The van der Waals surface area contributed by atoms with E-state index >= 15 is 4.79 Å². The summed E-state index contributed by atoms with van der Waals surface area (Å²) in [6, 6.07) is 23.1. The number of hydrogen-bond acceptors (Lipinski definition) is 9. The number of anilines is 2. The van der Waals surface area contributed by atoms with Crippen LogP contribution in [0.25, 0.3) is 10.8 Å². The van der Waals surface area contributed by atoms with Crippen molar-refractivity contribution in [2.75, 3.05) is 10.3 Å². The Kier molecular flexibility index (Phi) is 9.16. The predicted molar refractivity (Wildman–Crippen MR) is 211 cm³/mol. The number of aromatic nitrogens is 1. The van der Waals surface area contributed by atoms with Gasteiger partial charge in [0.15, 0.2) is 5.82 Å². The van der Waals surface area contributed by atoms with Crippen molar-refractivity contribution in [3.8, 4) is 5.75 Å². The summed E-state index contributed by atoms with van der Waals surface area (Å²) in [6.07, 6.45) is -2.55. The smallest absolute Gasteiger partial charge is 0.488 e. The lowest BCUT2D eigenvalue weighted by Gasteiger charge is -2.50. The number of allylic oxidation sites excluding steroid dienone is 2. The summed E-state index contributed by atoms with van der Waals surface area (Å²) in [7, 11) is -1.87. The monoisotopic (exact) mass is 840 g/mol. The minimum Gasteiger partial charge on any atom is -0.507 e. The summed E-state index contributed by atoms with van der Waals surface area (Å²) in [4.78, 5) is 64.1. The number of nitrogens with zero attached hydrogens (tertiary/aromatic N) is 3. The van der Waals surface area contributed by atoms with E-state index in [2.05, 4.69) is 10.4 Å². The molecule has 59 heavy (non-hydrogen) atoms. The molecule has 4 aromatic carbocycles. The van der Waals surface area contributed by atoms with Gasteiger partial charge in [0.25, 0.3) is 11.8 Å². The van der Waals surface area contributed by atoms with Gasteiger partial charge in [0.2, 0.25) is 11.8 Å². The van der Waals surface area contributed by atoms with Crippen molar-refractivity contribution in [3.05, 3.63) is 136 Å². The van der Waals surface area contributed by atoms with Crippen LogP contribution in [0.5, 0.6) is 5.75 Å². The average molecular weight is 841 g/mol. The number of amides is 4. The van der Waals surface area contributed by atoms with Gasteiger partial charge in [0.1, 0.15) is 5.75 Å². The summed E-state index contributed by atoms with van der Waals surface area (Å²) < 4.78 is 40.6. The van der Waals surface area contributed by atoms with E-state index in [4.69, 9.17) is 23.2 Å². The maximum absolute atomic E-state index is 15.5. The summed E-state index contributed by atoms with van der Waals surface area (Å²) in [5.41, 5.74) is 0.873. The van der Waals surface area contributed by atoms with Gasteiger partial charge in [-0.05, 0) is 65.5 Å². The van der Waals surface area contributed by atoms with Crippen LogP contribution in [0.3, 0.4) is 0 Å². The van der Waals surface area contributed by atoms with Crippen LogP contribution in [0.4, 0.5) is 24.7 Å². The standard InChI is InChI=1S/C42H30BCl2F3N4O7/c44-24-11-9-21(10-12-24)41-31(38(55)52(40(41)57)50-36-32(45)16-22(19-49-36)42(46,47)48)18-30-27(34(41)29-13-8-20-4-1-2-7-26(20)35(29)53)14-15-28-33(30)39(56)51(37(28)54)25-6-3-5-23(17-25)43(58)59/h1-14,16-17,19,28,30-31,33-34,53,58-59H,15,18H2,(H,49,50)/t28-,30+,31-,33-,34+,41+/m0/s1. The Morgan fingerprint density at radius 1 is 0.864 bits per heavy atom. The van der Waals surface area contributed by atoms with Crippen molar-refractivity contribution in [1.29, 1.82) is 0 Å². The first kappa shape index (κ1) is 38.8. The molecule has 2 saturated heterocycles. The Balaban J connectivity index is 1.24. The van der Waals surface area contributed by atoms with E-state index in [-0.39, 0.29) is 35.3 Å². The fourth-order valence-corrected chi connectivity index (χ4v) is 10.0. The van der Waals surface area contributed by atoms with Gasteiger partial charge in [-0.25, -0.2) is 4.98 Å². The zero-order valence-electron chi connectivity index (χ0n) is 30.4. The van der Waals surface area contributed by atoms with Gasteiger partial charge >= 0.3 is 13.3 Å². The van der Waals surface area contributed by atoms with E-state index < -0.39 is 88.3 Å². The van der Waals surface area contributed by atoms with Gasteiger partial charge < -0.3 is 15.2 Å². The molecule has 11 nitrogen and oxygen atoms in total. The Morgan fingerprint density at radius 3 is 2.32 bits per heavy atom. The molecule has 6 atom stereocenters. The van der Waals surface area contributed by atoms with Crippen LogP contribution >= 0.6 is 23.2 Å². The molecule has 298 valence electrons. The zero-order valence-corrected chi connectivity index (χ0v) is 31.9. The van der Waals surface area contributed by atoms with Crippen LogP contribution in [-0.2, 0) is 30.8 Å². The second kappa shape index (κ2) is 13.9. The molecule has 0 unspecified atom stereocenters. The Labute approximate surface area is 343 Å². The van der Waals surface area contributed by atoms with Crippen molar-refractivity contribution in [3.63, 3.8) is 0 Å². The Bertz CT molecular complexity index is 2660. The number of pyridine rings is 1. The van der Waals surface area contributed by atoms with Crippen LogP contribution in [0.1, 0.15) is 35.4 Å². The van der Waals surface area contributed by atoms with Crippen LogP contribution in [0.2, 0.25) is 10.0 Å². The molecule has 0 bridgehead atoms. The number of alkyl halides is 3. The summed E-state index contributed by atoms with van der Waals surface area (Å²) >= 11 is 12.6. The third-order valence-electron chi connectivity index (χ3n) is 12.2. The minimum absolute atomic E-state index is 0.0549. The highest BCUT2D eigenvalue weighted by atomic mass is 35.5. The molecular weight excluding hydrogens is 811 g/mol. The van der Waals surface area contributed by atoms with Crippen molar-refractivity contribution in [1.82, 2.24) is 9.99 Å². The number of nitrogens with one attached hydrogen (secondary N) is 1. The van der Waals surface area contributed by atoms with E-state index in [1.807, 2.05) is 0 Å². The highest BCUT2D eigenvalue weighted by Gasteiger charge is 2.71. The first-order chi connectivity index (χ1) is 28.1. The summed E-state index contributed by atoms with van der Waals surface area (Å²) in [6.45, 7) is 0. The maximum atomic E-state index is 15.5. The Hall–Kier alpha value is -5.74. The highest BCUT2D eigenvalue weighted by molar-refractivity contribution is 6.58. The van der Waals surface area contributed by atoms with Gasteiger partial charge in [-0.15, -0.1) is 0 Å². The van der Waals surface area contributed by atoms with E-state index in [0.29, 0.717) is 44.2 Å². The van der Waals surface area contributed by atoms with Gasteiger partial charge in [0, 0.05) is 28.1 Å². The molecule has 4 aliphatic rings. The molecule has 0 spiro atoms. The average Bonchev–Trinajstić information content (AvgIpc) is 3.59. The minimum atomic E-state index is -4.78. The molecule has 17 heteroatoms. The number of benzene rings is 4. The Morgan fingerprint density at radius 2 is 1.61 bits per heavy atom. The van der Waals surface area contributed by atoms with E-state index in [1.54, 1.807) is 66.7 Å². The first-order valence-corrected chi connectivity index (χ1v) is 19.3. The fourth-order valence-electron chi connectivity index (χ4n) is 9.71. The topological polar surface area (TPSA) is 160 Å². The molecule has 2 aliphatic heterocycles. The molecule has 3 fully saturated rings. The molecule has 2 aliphatic carbocycles. The van der Waals surface area contributed by atoms with Crippen molar-refractivity contribution in [2.24, 2.45) is 23.7 Å². The summed E-state index contributed by atoms with van der Waals surface area (Å²) in [5, 5.41) is 33.5. The van der Waals surface area contributed by atoms with E-state index in [0.717, 1.165) is 4.90 Å². The number of hydrazine groups is 1. The van der Waals surface area contributed by atoms with Crippen LogP contribution in [0, 0.1) is 23.7 Å². The fraction of sp³-hybridized carbons (Fsp3) is 0.214. The van der Waals surface area contributed by atoms with Crippen LogP contribution < -0.4 is 15.8 Å². The second-order valence-corrected chi connectivity index (χ2v) is 16.0. The third-order valence-corrected chi connectivity index (χ3v) is 12.8. The highest BCUT2D eigenvalue weighted by Crippen LogP contribution is 2.65. The molecule has 4 amide bonds. The van der Waals surface area contributed by atoms with Gasteiger partial charge in [-0.1, -0.05) is 95.5 Å². The van der Waals surface area contributed by atoms with E-state index in [9.17, 15) is 42.7 Å². The number of rotatable bonds is 6. The molecule has 9 rings (SSSR count).